The highest BCUT2D eigenvalue weighted by Gasteiger charge is 2.21. The summed E-state index contributed by atoms with van der Waals surface area (Å²) in [6.07, 6.45) is 2.44. The van der Waals surface area contributed by atoms with Crippen LogP contribution in [0.2, 0.25) is 0 Å². The third-order valence-electron chi connectivity index (χ3n) is 4.01. The van der Waals surface area contributed by atoms with E-state index in [-0.39, 0.29) is 0 Å². The molecule has 2 heterocycles. The minimum absolute atomic E-state index is 0.658. The Labute approximate surface area is 125 Å². The molecule has 1 aromatic carbocycles. The van der Waals surface area contributed by atoms with E-state index in [0.717, 1.165) is 13.0 Å². The number of hydrogen-bond donors (Lipinski definition) is 1. The van der Waals surface area contributed by atoms with E-state index in [2.05, 4.69) is 57.4 Å². The van der Waals surface area contributed by atoms with Crippen LogP contribution >= 0.6 is 11.3 Å². The molecule has 1 atom stereocenters. The zero-order valence-corrected chi connectivity index (χ0v) is 12.6. The second-order valence-electron chi connectivity index (χ2n) is 5.53. The van der Waals surface area contributed by atoms with Gasteiger partial charge in [0.05, 0.1) is 0 Å². The molecule has 1 aliphatic heterocycles. The van der Waals surface area contributed by atoms with Crippen LogP contribution < -0.4 is 5.32 Å². The first kappa shape index (κ1) is 13.8. The van der Waals surface area contributed by atoms with Gasteiger partial charge in [0.15, 0.2) is 0 Å². The van der Waals surface area contributed by atoms with Crippen LogP contribution in [-0.2, 0) is 13.0 Å². The summed E-state index contributed by atoms with van der Waals surface area (Å²) < 4.78 is 0. The summed E-state index contributed by atoms with van der Waals surface area (Å²) in [6.45, 7) is 4.62. The Morgan fingerprint density at radius 3 is 2.85 bits per heavy atom. The first-order chi connectivity index (χ1) is 9.90. The highest BCUT2D eigenvalue weighted by atomic mass is 32.1. The molecule has 3 rings (SSSR count). The van der Waals surface area contributed by atoms with Crippen LogP contribution in [0.3, 0.4) is 0 Å². The molecule has 20 heavy (non-hydrogen) atoms. The monoisotopic (exact) mass is 286 g/mol. The Morgan fingerprint density at radius 2 is 2.05 bits per heavy atom. The van der Waals surface area contributed by atoms with Crippen LogP contribution in [0.1, 0.15) is 17.5 Å². The fourth-order valence-corrected chi connectivity index (χ4v) is 3.46. The van der Waals surface area contributed by atoms with E-state index in [4.69, 9.17) is 0 Å². The minimum atomic E-state index is 0.658. The van der Waals surface area contributed by atoms with Crippen LogP contribution in [0.15, 0.2) is 47.2 Å². The smallest absolute Gasteiger partial charge is 0.0216 e. The average molecular weight is 286 g/mol. The lowest BCUT2D eigenvalue weighted by atomic mass is 10.1. The summed E-state index contributed by atoms with van der Waals surface area (Å²) in [5.41, 5.74) is 2.86. The van der Waals surface area contributed by atoms with E-state index in [1.54, 1.807) is 11.3 Å². The van der Waals surface area contributed by atoms with Crippen molar-refractivity contribution in [1.82, 2.24) is 10.2 Å². The molecule has 1 saturated heterocycles. The average Bonchev–Trinajstić information content (AvgIpc) is 3.16. The molecule has 1 aliphatic rings. The zero-order valence-electron chi connectivity index (χ0n) is 11.8. The van der Waals surface area contributed by atoms with E-state index < -0.39 is 0 Å². The largest absolute Gasteiger partial charge is 0.309 e. The maximum Gasteiger partial charge on any atom is 0.0216 e. The van der Waals surface area contributed by atoms with E-state index in [0.29, 0.717) is 6.04 Å². The Morgan fingerprint density at radius 1 is 1.15 bits per heavy atom. The summed E-state index contributed by atoms with van der Waals surface area (Å²) >= 11 is 1.78. The predicted octanol–water partition coefficient (Wildman–Crippen LogP) is 3.15. The van der Waals surface area contributed by atoms with Gasteiger partial charge in [-0.15, -0.1) is 0 Å². The van der Waals surface area contributed by atoms with Gasteiger partial charge in [-0.25, -0.2) is 0 Å². The Hall–Kier alpha value is -1.16. The molecular formula is C17H22N2S. The van der Waals surface area contributed by atoms with Crippen LogP contribution in [0, 0.1) is 0 Å². The molecular weight excluding hydrogens is 264 g/mol. The SMILES string of the molecule is c1ccc(CCN2CCC(NCc3ccsc3)C2)cc1. The molecule has 0 bridgehead atoms. The van der Waals surface area contributed by atoms with Crippen molar-refractivity contribution in [3.63, 3.8) is 0 Å². The van der Waals surface area contributed by atoms with Crippen LogP contribution in [0.25, 0.3) is 0 Å². The molecule has 2 aromatic rings. The first-order valence-electron chi connectivity index (χ1n) is 7.41. The molecule has 1 unspecified atom stereocenters. The zero-order chi connectivity index (χ0) is 13.6. The Kier molecular flexibility index (Phi) is 4.85. The van der Waals surface area contributed by atoms with Gasteiger partial charge in [-0.05, 0) is 47.3 Å². The molecule has 0 radical (unpaired) electrons. The molecule has 0 aliphatic carbocycles. The predicted molar refractivity (Wildman–Crippen MR) is 86.1 cm³/mol. The Bertz CT molecular complexity index is 495. The van der Waals surface area contributed by atoms with Crippen molar-refractivity contribution in [2.75, 3.05) is 19.6 Å². The lowest BCUT2D eigenvalue weighted by Gasteiger charge is -2.16. The summed E-state index contributed by atoms with van der Waals surface area (Å²) in [7, 11) is 0. The topological polar surface area (TPSA) is 15.3 Å². The van der Waals surface area contributed by atoms with Crippen molar-refractivity contribution in [2.24, 2.45) is 0 Å². The van der Waals surface area contributed by atoms with Crippen molar-refractivity contribution >= 4 is 11.3 Å². The third-order valence-corrected chi connectivity index (χ3v) is 4.74. The van der Waals surface area contributed by atoms with Crippen molar-refractivity contribution in [1.29, 1.82) is 0 Å². The fourth-order valence-electron chi connectivity index (χ4n) is 2.79. The molecule has 2 nitrogen and oxygen atoms in total. The maximum absolute atomic E-state index is 3.68. The second kappa shape index (κ2) is 7.02. The molecule has 3 heteroatoms. The summed E-state index contributed by atoms with van der Waals surface area (Å²) in [4.78, 5) is 2.58. The number of hydrogen-bond acceptors (Lipinski definition) is 3. The van der Waals surface area contributed by atoms with Gasteiger partial charge in [-0.2, -0.15) is 11.3 Å². The fraction of sp³-hybridized carbons (Fsp3) is 0.412. The molecule has 1 aromatic heterocycles. The van der Waals surface area contributed by atoms with Gasteiger partial charge in [0.1, 0.15) is 0 Å². The van der Waals surface area contributed by atoms with Gasteiger partial charge < -0.3 is 10.2 Å². The summed E-state index contributed by atoms with van der Waals surface area (Å²) in [6, 6.07) is 13.7. The van der Waals surface area contributed by atoms with Gasteiger partial charge in [0.25, 0.3) is 0 Å². The molecule has 0 amide bonds. The van der Waals surface area contributed by atoms with E-state index in [1.807, 2.05) is 0 Å². The molecule has 1 N–H and O–H groups in total. The second-order valence-corrected chi connectivity index (χ2v) is 6.31. The molecule has 0 saturated carbocycles. The van der Waals surface area contributed by atoms with Crippen LogP contribution in [0.5, 0.6) is 0 Å². The molecule has 106 valence electrons. The first-order valence-corrected chi connectivity index (χ1v) is 8.35. The van der Waals surface area contributed by atoms with Gasteiger partial charge in [-0.1, -0.05) is 30.3 Å². The van der Waals surface area contributed by atoms with Gasteiger partial charge in [-0.3, -0.25) is 0 Å². The number of nitrogens with zero attached hydrogens (tertiary/aromatic N) is 1. The number of likely N-dealkylation sites (tertiary alicyclic amines) is 1. The van der Waals surface area contributed by atoms with Crippen molar-refractivity contribution in [2.45, 2.75) is 25.4 Å². The molecule has 0 spiro atoms. The normalized spacial score (nSPS) is 19.5. The van der Waals surface area contributed by atoms with Crippen molar-refractivity contribution in [3.8, 4) is 0 Å². The van der Waals surface area contributed by atoms with Gasteiger partial charge in [0.2, 0.25) is 0 Å². The van der Waals surface area contributed by atoms with E-state index >= 15 is 0 Å². The van der Waals surface area contributed by atoms with Gasteiger partial charge >= 0.3 is 0 Å². The van der Waals surface area contributed by atoms with Gasteiger partial charge in [0, 0.05) is 25.7 Å². The van der Waals surface area contributed by atoms with E-state index in [9.17, 15) is 0 Å². The van der Waals surface area contributed by atoms with Crippen molar-refractivity contribution in [3.05, 3.63) is 58.3 Å². The summed E-state index contributed by atoms with van der Waals surface area (Å²) in [5, 5.41) is 8.06. The number of benzene rings is 1. The molecule has 1 fully saturated rings. The van der Waals surface area contributed by atoms with Crippen LogP contribution in [0.4, 0.5) is 0 Å². The van der Waals surface area contributed by atoms with Crippen molar-refractivity contribution < 1.29 is 0 Å². The highest BCUT2D eigenvalue weighted by Crippen LogP contribution is 2.12. The number of thiophene rings is 1. The van der Waals surface area contributed by atoms with E-state index in [1.165, 1.54) is 37.2 Å². The summed E-state index contributed by atoms with van der Waals surface area (Å²) in [5.74, 6) is 0. The highest BCUT2D eigenvalue weighted by molar-refractivity contribution is 7.07. The maximum atomic E-state index is 3.68. The van der Waals surface area contributed by atoms with Crippen LogP contribution in [-0.4, -0.2) is 30.6 Å². The minimum Gasteiger partial charge on any atom is -0.309 e. The Balaban J connectivity index is 1.38. The standard InChI is InChI=1S/C17H22N2S/c1-2-4-15(5-3-1)6-9-19-10-7-17(13-19)18-12-16-8-11-20-14-16/h1-5,8,11,14,17-18H,6-7,9-10,12-13H2. The lowest BCUT2D eigenvalue weighted by Crippen LogP contribution is -2.32. The number of nitrogens with one attached hydrogen (secondary N) is 1. The third kappa shape index (κ3) is 3.92. The number of rotatable bonds is 6. The lowest BCUT2D eigenvalue weighted by molar-refractivity contribution is 0.331. The quantitative estimate of drug-likeness (QED) is 0.877.